The van der Waals surface area contributed by atoms with E-state index in [9.17, 15) is 13.2 Å². The van der Waals surface area contributed by atoms with Crippen LogP contribution in [0.2, 0.25) is 0 Å². The number of carbonyl (C=O) groups excluding carboxylic acids is 1. The first kappa shape index (κ1) is 20.5. The fourth-order valence-electron chi connectivity index (χ4n) is 2.70. The molecule has 0 spiro atoms. The molecule has 0 unspecified atom stereocenters. The quantitative estimate of drug-likeness (QED) is 0.568. The first-order valence-corrected chi connectivity index (χ1v) is 10.5. The zero-order chi connectivity index (χ0) is 20.9. The van der Waals surface area contributed by atoms with Gasteiger partial charge in [-0.15, -0.1) is 0 Å². The molecule has 2 aromatic carbocycles. The maximum absolute atomic E-state index is 12.8. The van der Waals surface area contributed by atoms with Gasteiger partial charge in [-0.25, -0.2) is 8.42 Å². The highest BCUT2D eigenvalue weighted by molar-refractivity contribution is 7.92. The zero-order valence-corrected chi connectivity index (χ0v) is 17.0. The summed E-state index contributed by atoms with van der Waals surface area (Å²) in [5, 5.41) is 6.51. The van der Waals surface area contributed by atoms with Crippen LogP contribution in [-0.2, 0) is 16.4 Å². The number of rotatable bonds is 8. The molecule has 0 fully saturated rings. The molecule has 8 nitrogen and oxygen atoms in total. The monoisotopic (exact) mass is 414 g/mol. The molecule has 0 radical (unpaired) electrons. The summed E-state index contributed by atoms with van der Waals surface area (Å²) in [4.78, 5) is 16.5. The predicted octanol–water partition coefficient (Wildman–Crippen LogP) is 2.57. The average Bonchev–Trinajstić information content (AvgIpc) is 3.16. The molecule has 9 heteroatoms. The number of aryl methyl sites for hydroxylation is 2. The third-order valence-electron chi connectivity index (χ3n) is 4.32. The van der Waals surface area contributed by atoms with Crippen LogP contribution in [-0.4, -0.2) is 38.1 Å². The van der Waals surface area contributed by atoms with Crippen molar-refractivity contribution in [2.75, 3.05) is 17.9 Å². The molecular weight excluding hydrogens is 392 g/mol. The number of hydrogen-bond acceptors (Lipinski definition) is 6. The van der Waals surface area contributed by atoms with Crippen molar-refractivity contribution in [1.29, 1.82) is 0 Å². The Morgan fingerprint density at radius 2 is 1.79 bits per heavy atom. The third-order valence-corrected chi connectivity index (χ3v) is 6.12. The Kier molecular flexibility index (Phi) is 6.28. The Labute approximate surface area is 169 Å². The molecule has 3 aromatic rings. The van der Waals surface area contributed by atoms with Gasteiger partial charge >= 0.3 is 0 Å². The lowest BCUT2D eigenvalue weighted by Gasteiger charge is -2.19. The number of para-hydroxylation sites is 1. The summed E-state index contributed by atoms with van der Waals surface area (Å²) in [5.74, 6) is 0.845. The van der Waals surface area contributed by atoms with Crippen molar-refractivity contribution in [3.8, 4) is 0 Å². The van der Waals surface area contributed by atoms with Gasteiger partial charge in [0.1, 0.15) is 0 Å². The Hall–Kier alpha value is -3.20. The van der Waals surface area contributed by atoms with E-state index in [0.29, 0.717) is 42.4 Å². The molecule has 3 rings (SSSR count). The van der Waals surface area contributed by atoms with Gasteiger partial charge in [-0.05, 0) is 49.7 Å². The van der Waals surface area contributed by atoms with Gasteiger partial charge in [0, 0.05) is 25.6 Å². The Bertz CT molecular complexity index is 1060. The molecule has 152 valence electrons. The summed E-state index contributed by atoms with van der Waals surface area (Å²) in [5.41, 5.74) is 0.950. The van der Waals surface area contributed by atoms with E-state index in [1.165, 1.54) is 35.6 Å². The minimum Gasteiger partial charge on any atom is -0.352 e. The van der Waals surface area contributed by atoms with Crippen LogP contribution < -0.4 is 9.62 Å². The van der Waals surface area contributed by atoms with Gasteiger partial charge in [0.25, 0.3) is 15.9 Å². The minimum atomic E-state index is -3.71. The van der Waals surface area contributed by atoms with E-state index in [-0.39, 0.29) is 10.8 Å². The number of nitrogens with zero attached hydrogens (tertiary/aromatic N) is 3. The number of nitrogens with one attached hydrogen (secondary N) is 1. The van der Waals surface area contributed by atoms with E-state index in [1.807, 2.05) is 6.07 Å². The lowest BCUT2D eigenvalue weighted by atomic mass is 10.2. The van der Waals surface area contributed by atoms with Gasteiger partial charge in [-0.3, -0.25) is 9.10 Å². The van der Waals surface area contributed by atoms with Crippen molar-refractivity contribution in [1.82, 2.24) is 15.5 Å². The highest BCUT2D eigenvalue weighted by Gasteiger charge is 2.21. The van der Waals surface area contributed by atoms with E-state index in [1.54, 1.807) is 31.2 Å². The highest BCUT2D eigenvalue weighted by Crippen LogP contribution is 2.21. The molecule has 0 aliphatic carbocycles. The second-order valence-electron chi connectivity index (χ2n) is 6.43. The van der Waals surface area contributed by atoms with Crippen LogP contribution in [0.1, 0.15) is 28.5 Å². The molecule has 1 aromatic heterocycles. The molecular formula is C20H22N4O4S. The van der Waals surface area contributed by atoms with Gasteiger partial charge in [0.05, 0.1) is 10.6 Å². The van der Waals surface area contributed by atoms with Crippen molar-refractivity contribution in [3.05, 3.63) is 71.9 Å². The number of hydrogen-bond donors (Lipinski definition) is 1. The summed E-state index contributed by atoms with van der Waals surface area (Å²) in [6.45, 7) is 2.19. The average molecular weight is 414 g/mol. The molecule has 0 bridgehead atoms. The second kappa shape index (κ2) is 8.87. The lowest BCUT2D eigenvalue weighted by Crippen LogP contribution is -2.27. The van der Waals surface area contributed by atoms with Crippen molar-refractivity contribution in [2.24, 2.45) is 0 Å². The third kappa shape index (κ3) is 5.00. The van der Waals surface area contributed by atoms with E-state index in [0.717, 1.165) is 0 Å². The fraction of sp³-hybridized carbons (Fsp3) is 0.250. The highest BCUT2D eigenvalue weighted by atomic mass is 32.2. The molecule has 0 aliphatic rings. The van der Waals surface area contributed by atoms with Gasteiger partial charge in [-0.2, -0.15) is 4.98 Å². The van der Waals surface area contributed by atoms with Crippen LogP contribution in [0, 0.1) is 6.92 Å². The first-order valence-electron chi connectivity index (χ1n) is 9.09. The van der Waals surface area contributed by atoms with Crippen LogP contribution in [0.15, 0.2) is 64.0 Å². The topological polar surface area (TPSA) is 105 Å². The van der Waals surface area contributed by atoms with Gasteiger partial charge in [-0.1, -0.05) is 23.4 Å². The van der Waals surface area contributed by atoms with E-state index < -0.39 is 10.0 Å². The number of aromatic nitrogens is 2. The maximum atomic E-state index is 12.8. The van der Waals surface area contributed by atoms with Gasteiger partial charge in [0.2, 0.25) is 5.89 Å². The lowest BCUT2D eigenvalue weighted by molar-refractivity contribution is 0.0953. The molecule has 29 heavy (non-hydrogen) atoms. The predicted molar refractivity (Wildman–Crippen MR) is 108 cm³/mol. The number of benzene rings is 2. The molecule has 0 saturated carbocycles. The smallest absolute Gasteiger partial charge is 0.264 e. The summed E-state index contributed by atoms with van der Waals surface area (Å²) < 4.78 is 31.8. The maximum Gasteiger partial charge on any atom is 0.264 e. The molecule has 1 N–H and O–H groups in total. The number of carbonyl (C=O) groups is 1. The van der Waals surface area contributed by atoms with Crippen molar-refractivity contribution < 1.29 is 17.7 Å². The largest absolute Gasteiger partial charge is 0.352 e. The van der Waals surface area contributed by atoms with Crippen molar-refractivity contribution >= 4 is 21.6 Å². The summed E-state index contributed by atoms with van der Waals surface area (Å²) in [6, 6.07) is 14.7. The summed E-state index contributed by atoms with van der Waals surface area (Å²) >= 11 is 0. The van der Waals surface area contributed by atoms with Crippen LogP contribution >= 0.6 is 0 Å². The second-order valence-corrected chi connectivity index (χ2v) is 8.40. The molecule has 1 heterocycles. The summed E-state index contributed by atoms with van der Waals surface area (Å²) in [6.07, 6.45) is 1.23. The normalized spacial score (nSPS) is 11.2. The Morgan fingerprint density at radius 1 is 1.10 bits per heavy atom. The van der Waals surface area contributed by atoms with Crippen LogP contribution in [0.3, 0.4) is 0 Å². The van der Waals surface area contributed by atoms with E-state index in [4.69, 9.17) is 4.52 Å². The van der Waals surface area contributed by atoms with Crippen molar-refractivity contribution in [2.45, 2.75) is 24.7 Å². The number of amides is 1. The first-order chi connectivity index (χ1) is 13.9. The van der Waals surface area contributed by atoms with E-state index >= 15 is 0 Å². The fourth-order valence-corrected chi connectivity index (χ4v) is 3.89. The molecule has 0 saturated heterocycles. The van der Waals surface area contributed by atoms with Crippen molar-refractivity contribution in [3.63, 3.8) is 0 Å². The van der Waals surface area contributed by atoms with Gasteiger partial charge in [0.15, 0.2) is 5.82 Å². The van der Waals surface area contributed by atoms with Gasteiger partial charge < -0.3 is 9.84 Å². The SMILES string of the molecule is Cc1noc(CCCNC(=O)c2ccc(S(=O)(=O)N(C)c3ccccc3)cc2)n1. The number of sulfonamides is 1. The molecule has 0 aliphatic heterocycles. The standard InChI is InChI=1S/C20H22N4O4S/c1-15-22-19(28-23-15)9-6-14-21-20(25)16-10-12-18(13-11-16)29(26,27)24(2)17-7-4-3-5-8-17/h3-5,7-8,10-13H,6,9,14H2,1-2H3,(H,21,25). The van der Waals surface area contributed by atoms with Crippen LogP contribution in [0.25, 0.3) is 0 Å². The van der Waals surface area contributed by atoms with E-state index in [2.05, 4.69) is 15.5 Å². The molecule has 0 atom stereocenters. The number of anilines is 1. The van der Waals surface area contributed by atoms with Crippen LogP contribution in [0.5, 0.6) is 0 Å². The summed E-state index contributed by atoms with van der Waals surface area (Å²) in [7, 11) is -2.21. The minimum absolute atomic E-state index is 0.118. The Balaban J connectivity index is 1.58. The molecule has 1 amide bonds. The Morgan fingerprint density at radius 3 is 2.41 bits per heavy atom. The van der Waals surface area contributed by atoms with Crippen LogP contribution in [0.4, 0.5) is 5.69 Å². The zero-order valence-electron chi connectivity index (χ0n) is 16.2.